The van der Waals surface area contributed by atoms with Crippen molar-refractivity contribution in [2.24, 2.45) is 0 Å². The molecule has 1 nitrogen and oxygen atoms in total. The molecule has 2 heteroatoms. The molecule has 0 aliphatic carbocycles. The van der Waals surface area contributed by atoms with Crippen LogP contribution < -0.4 is 5.32 Å². The number of rotatable bonds is 5. The van der Waals surface area contributed by atoms with Gasteiger partial charge in [0.1, 0.15) is 0 Å². The summed E-state index contributed by atoms with van der Waals surface area (Å²) in [7, 11) is 0. The van der Waals surface area contributed by atoms with Crippen molar-refractivity contribution in [1.29, 1.82) is 0 Å². The average Bonchev–Trinajstić information content (AvgIpc) is 2.41. The first-order chi connectivity index (χ1) is 9.56. The van der Waals surface area contributed by atoms with Crippen molar-refractivity contribution in [1.82, 2.24) is 5.32 Å². The van der Waals surface area contributed by atoms with Gasteiger partial charge in [-0.05, 0) is 56.0 Å². The van der Waals surface area contributed by atoms with Crippen LogP contribution in [0.5, 0.6) is 0 Å². The summed E-state index contributed by atoms with van der Waals surface area (Å²) in [5.74, 6) is 0. The second kappa shape index (κ2) is 7.05. The first-order valence-corrected chi connectivity index (χ1v) is 7.91. The maximum Gasteiger partial charge on any atom is 0.0294 e. The Morgan fingerprint density at radius 1 is 1.05 bits per heavy atom. The van der Waals surface area contributed by atoms with Gasteiger partial charge in [-0.3, -0.25) is 0 Å². The SMILES string of the molecule is Cc1ccccc1CC(C)NC(C)c1cccc(Br)c1. The minimum atomic E-state index is 0.353. The van der Waals surface area contributed by atoms with Gasteiger partial charge in [-0.25, -0.2) is 0 Å². The van der Waals surface area contributed by atoms with Gasteiger partial charge >= 0.3 is 0 Å². The van der Waals surface area contributed by atoms with Crippen LogP contribution in [-0.2, 0) is 6.42 Å². The summed E-state index contributed by atoms with van der Waals surface area (Å²) in [6, 6.07) is 17.9. The highest BCUT2D eigenvalue weighted by Gasteiger charge is 2.11. The zero-order chi connectivity index (χ0) is 14.5. The third kappa shape index (κ3) is 4.19. The van der Waals surface area contributed by atoms with E-state index in [1.807, 2.05) is 0 Å². The van der Waals surface area contributed by atoms with Gasteiger partial charge in [0.25, 0.3) is 0 Å². The molecule has 0 aromatic heterocycles. The van der Waals surface area contributed by atoms with Crippen molar-refractivity contribution in [2.45, 2.75) is 39.3 Å². The van der Waals surface area contributed by atoms with Crippen LogP contribution in [0.25, 0.3) is 0 Å². The van der Waals surface area contributed by atoms with Gasteiger partial charge in [-0.1, -0.05) is 52.3 Å². The molecule has 0 spiro atoms. The van der Waals surface area contributed by atoms with Crippen LogP contribution in [-0.4, -0.2) is 6.04 Å². The Morgan fingerprint density at radius 2 is 1.80 bits per heavy atom. The van der Waals surface area contributed by atoms with Gasteiger partial charge in [-0.15, -0.1) is 0 Å². The van der Waals surface area contributed by atoms with Crippen molar-refractivity contribution >= 4 is 15.9 Å². The van der Waals surface area contributed by atoms with E-state index in [9.17, 15) is 0 Å². The molecule has 0 amide bonds. The second-order valence-electron chi connectivity index (χ2n) is 5.48. The van der Waals surface area contributed by atoms with Gasteiger partial charge in [0, 0.05) is 16.6 Å². The lowest BCUT2D eigenvalue weighted by atomic mass is 10.0. The topological polar surface area (TPSA) is 12.0 Å². The molecule has 0 bridgehead atoms. The van der Waals surface area contributed by atoms with E-state index in [0.29, 0.717) is 12.1 Å². The molecule has 0 radical (unpaired) electrons. The Hall–Kier alpha value is -1.12. The largest absolute Gasteiger partial charge is 0.307 e. The third-order valence-electron chi connectivity index (χ3n) is 3.67. The molecule has 0 aliphatic rings. The minimum absolute atomic E-state index is 0.353. The lowest BCUT2D eigenvalue weighted by Gasteiger charge is -2.21. The minimum Gasteiger partial charge on any atom is -0.307 e. The van der Waals surface area contributed by atoms with Crippen molar-refractivity contribution < 1.29 is 0 Å². The molecule has 0 saturated heterocycles. The van der Waals surface area contributed by atoms with Gasteiger partial charge in [0.15, 0.2) is 0 Å². The van der Waals surface area contributed by atoms with Crippen molar-refractivity contribution in [2.75, 3.05) is 0 Å². The van der Waals surface area contributed by atoms with Crippen LogP contribution in [0.3, 0.4) is 0 Å². The number of nitrogens with one attached hydrogen (secondary N) is 1. The van der Waals surface area contributed by atoms with Crippen LogP contribution in [0, 0.1) is 6.92 Å². The number of benzene rings is 2. The summed E-state index contributed by atoms with van der Waals surface area (Å²) >= 11 is 3.53. The van der Waals surface area contributed by atoms with Gasteiger partial charge in [-0.2, -0.15) is 0 Å². The predicted octanol–water partition coefficient (Wildman–Crippen LogP) is 5.04. The molecule has 2 unspecified atom stereocenters. The first kappa shape index (κ1) is 15.3. The zero-order valence-electron chi connectivity index (χ0n) is 12.4. The van der Waals surface area contributed by atoms with E-state index in [2.05, 4.69) is 90.5 Å². The van der Waals surface area contributed by atoms with Crippen molar-refractivity contribution in [3.05, 3.63) is 69.7 Å². The molecule has 0 saturated carbocycles. The highest BCUT2D eigenvalue weighted by Crippen LogP contribution is 2.19. The third-order valence-corrected chi connectivity index (χ3v) is 4.16. The summed E-state index contributed by atoms with van der Waals surface area (Å²) < 4.78 is 1.13. The van der Waals surface area contributed by atoms with Crippen molar-refractivity contribution in [3.63, 3.8) is 0 Å². The summed E-state index contributed by atoms with van der Waals surface area (Å²) in [6.07, 6.45) is 1.06. The van der Waals surface area contributed by atoms with E-state index in [0.717, 1.165) is 10.9 Å². The Bertz CT molecular complexity index is 565. The molecule has 1 N–H and O–H groups in total. The lowest BCUT2D eigenvalue weighted by molar-refractivity contribution is 0.476. The van der Waals surface area contributed by atoms with E-state index in [1.165, 1.54) is 16.7 Å². The van der Waals surface area contributed by atoms with E-state index >= 15 is 0 Å². The van der Waals surface area contributed by atoms with E-state index in [4.69, 9.17) is 0 Å². The highest BCUT2D eigenvalue weighted by molar-refractivity contribution is 9.10. The van der Waals surface area contributed by atoms with Crippen molar-refractivity contribution in [3.8, 4) is 0 Å². The average molecular weight is 332 g/mol. The number of halogens is 1. The van der Waals surface area contributed by atoms with Crippen LogP contribution in [0.1, 0.15) is 36.6 Å². The molecule has 0 fully saturated rings. The predicted molar refractivity (Wildman–Crippen MR) is 90.0 cm³/mol. The molecule has 106 valence electrons. The van der Waals surface area contributed by atoms with Gasteiger partial charge in [0.2, 0.25) is 0 Å². The fourth-order valence-electron chi connectivity index (χ4n) is 2.53. The lowest BCUT2D eigenvalue weighted by Crippen LogP contribution is -2.30. The monoisotopic (exact) mass is 331 g/mol. The molecule has 20 heavy (non-hydrogen) atoms. The van der Waals surface area contributed by atoms with E-state index < -0.39 is 0 Å². The summed E-state index contributed by atoms with van der Waals surface area (Å²) in [5, 5.41) is 3.68. The molecule has 2 rings (SSSR count). The normalized spacial score (nSPS) is 14.0. The zero-order valence-corrected chi connectivity index (χ0v) is 13.9. The smallest absolute Gasteiger partial charge is 0.0294 e. The number of hydrogen-bond acceptors (Lipinski definition) is 1. The van der Waals surface area contributed by atoms with Crippen LogP contribution in [0.4, 0.5) is 0 Å². The van der Waals surface area contributed by atoms with E-state index in [1.54, 1.807) is 0 Å². The Labute approximate surface area is 130 Å². The Kier molecular flexibility index (Phi) is 5.38. The molecular weight excluding hydrogens is 310 g/mol. The number of aryl methyl sites for hydroxylation is 1. The van der Waals surface area contributed by atoms with E-state index in [-0.39, 0.29) is 0 Å². The highest BCUT2D eigenvalue weighted by atomic mass is 79.9. The summed E-state index contributed by atoms with van der Waals surface area (Å²) in [5.41, 5.74) is 4.11. The standard InChI is InChI=1S/C18H22BrN/c1-13-7-4-5-8-16(13)11-14(2)20-15(3)17-9-6-10-18(19)12-17/h4-10,12,14-15,20H,11H2,1-3H3. The Morgan fingerprint density at radius 3 is 2.50 bits per heavy atom. The molecular formula is C18H22BrN. The maximum atomic E-state index is 3.68. The molecule has 2 aromatic rings. The first-order valence-electron chi connectivity index (χ1n) is 7.12. The fraction of sp³-hybridized carbons (Fsp3) is 0.333. The van der Waals surface area contributed by atoms with Crippen LogP contribution >= 0.6 is 15.9 Å². The quantitative estimate of drug-likeness (QED) is 0.809. The molecule has 2 atom stereocenters. The second-order valence-corrected chi connectivity index (χ2v) is 6.39. The van der Waals surface area contributed by atoms with Crippen LogP contribution in [0.2, 0.25) is 0 Å². The molecule has 0 heterocycles. The fourth-order valence-corrected chi connectivity index (χ4v) is 2.94. The summed E-state index contributed by atoms with van der Waals surface area (Å²) in [4.78, 5) is 0. The maximum absolute atomic E-state index is 3.68. The molecule has 0 aliphatic heterocycles. The Balaban J connectivity index is 1.98. The number of hydrogen-bond donors (Lipinski definition) is 1. The van der Waals surface area contributed by atoms with Gasteiger partial charge in [0.05, 0.1) is 0 Å². The van der Waals surface area contributed by atoms with Crippen LogP contribution in [0.15, 0.2) is 53.0 Å². The molecule has 2 aromatic carbocycles. The summed E-state index contributed by atoms with van der Waals surface area (Å²) in [6.45, 7) is 6.65. The van der Waals surface area contributed by atoms with Gasteiger partial charge < -0.3 is 5.32 Å².